The van der Waals surface area contributed by atoms with E-state index < -0.39 is 12.8 Å². The van der Waals surface area contributed by atoms with E-state index in [1.165, 1.54) is 0 Å². The number of hydrogen-bond donors (Lipinski definition) is 1. The van der Waals surface area contributed by atoms with E-state index >= 15 is 0 Å². The third-order valence-electron chi connectivity index (χ3n) is 2.24. The summed E-state index contributed by atoms with van der Waals surface area (Å²) in [4.78, 5) is 0. The fraction of sp³-hybridized carbons (Fsp3) is 1.00. The van der Waals surface area contributed by atoms with Crippen molar-refractivity contribution in [1.82, 2.24) is 5.32 Å². The Bertz CT molecular complexity index is 162. The molecule has 0 aromatic heterocycles. The summed E-state index contributed by atoms with van der Waals surface area (Å²) in [7, 11) is 0. The van der Waals surface area contributed by atoms with Crippen LogP contribution in [-0.2, 0) is 4.74 Å². The molecule has 0 aromatic rings. The lowest BCUT2D eigenvalue weighted by Crippen LogP contribution is -2.20. The van der Waals surface area contributed by atoms with E-state index in [1.54, 1.807) is 0 Å². The third-order valence-corrected chi connectivity index (χ3v) is 2.24. The quantitative estimate of drug-likeness (QED) is 0.627. The molecule has 1 atom stereocenters. The molecule has 0 aliphatic heterocycles. The highest BCUT2D eigenvalue weighted by Crippen LogP contribution is 2.15. The number of alkyl halides is 3. The van der Waals surface area contributed by atoms with Gasteiger partial charge in [0.25, 0.3) is 0 Å². The first-order chi connectivity index (χ1) is 7.45. The van der Waals surface area contributed by atoms with Crippen molar-refractivity contribution < 1.29 is 17.9 Å². The van der Waals surface area contributed by atoms with E-state index in [4.69, 9.17) is 0 Å². The van der Waals surface area contributed by atoms with E-state index in [0.717, 1.165) is 25.9 Å². The molecule has 1 N–H and O–H groups in total. The highest BCUT2D eigenvalue weighted by atomic mass is 19.4. The largest absolute Gasteiger partial charge is 0.411 e. The standard InChI is InChI=1S/C11H22F3NO/c1-3-15-8-10(2)6-4-5-7-16-9-11(12,13)14/h10,15H,3-9H2,1-2H3. The topological polar surface area (TPSA) is 21.3 Å². The Kier molecular flexibility index (Phi) is 8.66. The fourth-order valence-electron chi connectivity index (χ4n) is 1.38. The van der Waals surface area contributed by atoms with Gasteiger partial charge in [0.15, 0.2) is 0 Å². The Hall–Kier alpha value is -0.290. The number of unbranched alkanes of at least 4 members (excludes halogenated alkanes) is 1. The Morgan fingerprint density at radius 3 is 2.50 bits per heavy atom. The van der Waals surface area contributed by atoms with E-state index in [9.17, 15) is 13.2 Å². The Morgan fingerprint density at radius 2 is 1.94 bits per heavy atom. The van der Waals surface area contributed by atoms with Crippen molar-refractivity contribution in [2.75, 3.05) is 26.3 Å². The molecular formula is C11H22F3NO. The normalized spacial score (nSPS) is 14.1. The van der Waals surface area contributed by atoms with E-state index in [-0.39, 0.29) is 6.61 Å². The lowest BCUT2D eigenvalue weighted by molar-refractivity contribution is -0.174. The van der Waals surface area contributed by atoms with Crippen molar-refractivity contribution in [2.24, 2.45) is 5.92 Å². The van der Waals surface area contributed by atoms with E-state index in [1.807, 2.05) is 0 Å². The molecule has 5 heteroatoms. The molecule has 0 saturated heterocycles. The minimum Gasteiger partial charge on any atom is -0.372 e. The maximum atomic E-state index is 11.7. The second kappa shape index (κ2) is 8.82. The molecule has 0 rings (SSSR count). The molecule has 0 saturated carbocycles. The molecule has 16 heavy (non-hydrogen) atoms. The van der Waals surface area contributed by atoms with Crippen molar-refractivity contribution in [2.45, 2.75) is 39.3 Å². The monoisotopic (exact) mass is 241 g/mol. The molecule has 0 heterocycles. The first kappa shape index (κ1) is 15.7. The molecule has 0 fully saturated rings. The Balaban J connectivity index is 3.20. The van der Waals surface area contributed by atoms with Crippen molar-refractivity contribution in [3.63, 3.8) is 0 Å². The van der Waals surface area contributed by atoms with Crippen LogP contribution in [0, 0.1) is 5.92 Å². The molecule has 0 aliphatic carbocycles. The maximum absolute atomic E-state index is 11.7. The Morgan fingerprint density at radius 1 is 1.25 bits per heavy atom. The first-order valence-electron chi connectivity index (χ1n) is 5.81. The predicted molar refractivity (Wildman–Crippen MR) is 58.4 cm³/mol. The van der Waals surface area contributed by atoms with Crippen LogP contribution in [0.5, 0.6) is 0 Å². The zero-order valence-corrected chi connectivity index (χ0v) is 10.1. The van der Waals surface area contributed by atoms with Gasteiger partial charge in [-0.25, -0.2) is 0 Å². The molecule has 0 aliphatic rings. The van der Waals surface area contributed by atoms with Gasteiger partial charge in [0.1, 0.15) is 6.61 Å². The van der Waals surface area contributed by atoms with Crippen LogP contribution in [0.15, 0.2) is 0 Å². The number of hydrogen-bond acceptors (Lipinski definition) is 2. The van der Waals surface area contributed by atoms with Gasteiger partial charge in [0, 0.05) is 6.61 Å². The summed E-state index contributed by atoms with van der Waals surface area (Å²) in [5, 5.41) is 3.24. The number of ether oxygens (including phenoxy) is 1. The number of rotatable bonds is 9. The highest BCUT2D eigenvalue weighted by Gasteiger charge is 2.27. The average molecular weight is 241 g/mol. The molecule has 0 radical (unpaired) electrons. The summed E-state index contributed by atoms with van der Waals surface area (Å²) in [5.41, 5.74) is 0. The maximum Gasteiger partial charge on any atom is 0.411 e. The van der Waals surface area contributed by atoms with Crippen LogP contribution in [0.2, 0.25) is 0 Å². The van der Waals surface area contributed by atoms with Crippen molar-refractivity contribution >= 4 is 0 Å². The van der Waals surface area contributed by atoms with Crippen LogP contribution in [0.25, 0.3) is 0 Å². The van der Waals surface area contributed by atoms with Gasteiger partial charge in [-0.2, -0.15) is 13.2 Å². The molecule has 0 spiro atoms. The smallest absolute Gasteiger partial charge is 0.372 e. The summed E-state index contributed by atoms with van der Waals surface area (Å²) in [6.45, 7) is 5.20. The summed E-state index contributed by atoms with van der Waals surface area (Å²) in [6.07, 6.45) is -1.54. The highest BCUT2D eigenvalue weighted by molar-refractivity contribution is 4.56. The SMILES string of the molecule is CCNCC(C)CCCCOCC(F)(F)F. The molecule has 0 aromatic carbocycles. The van der Waals surface area contributed by atoms with Crippen LogP contribution in [0.3, 0.4) is 0 Å². The van der Waals surface area contributed by atoms with Gasteiger partial charge < -0.3 is 10.1 Å². The number of nitrogens with one attached hydrogen (secondary N) is 1. The molecule has 1 unspecified atom stereocenters. The third kappa shape index (κ3) is 11.8. The van der Waals surface area contributed by atoms with Crippen LogP contribution >= 0.6 is 0 Å². The zero-order chi connectivity index (χ0) is 12.4. The van der Waals surface area contributed by atoms with Crippen LogP contribution in [-0.4, -0.2) is 32.5 Å². The molecule has 98 valence electrons. The summed E-state index contributed by atoms with van der Waals surface area (Å²) in [6, 6.07) is 0. The van der Waals surface area contributed by atoms with Crippen molar-refractivity contribution in [1.29, 1.82) is 0 Å². The predicted octanol–water partition coefficient (Wildman–Crippen LogP) is 2.98. The zero-order valence-electron chi connectivity index (χ0n) is 10.1. The second-order valence-corrected chi connectivity index (χ2v) is 4.08. The van der Waals surface area contributed by atoms with Gasteiger partial charge >= 0.3 is 6.18 Å². The summed E-state index contributed by atoms with van der Waals surface area (Å²) in [5.74, 6) is 0.572. The molecule has 2 nitrogen and oxygen atoms in total. The van der Waals surface area contributed by atoms with Gasteiger partial charge in [-0.3, -0.25) is 0 Å². The number of halogens is 3. The minimum atomic E-state index is -4.20. The van der Waals surface area contributed by atoms with Crippen molar-refractivity contribution in [3.05, 3.63) is 0 Å². The van der Waals surface area contributed by atoms with Gasteiger partial charge in [-0.1, -0.05) is 20.3 Å². The molecular weight excluding hydrogens is 219 g/mol. The fourth-order valence-corrected chi connectivity index (χ4v) is 1.38. The summed E-state index contributed by atoms with van der Waals surface area (Å²) < 4.78 is 39.6. The molecule has 0 bridgehead atoms. The Labute approximate surface area is 95.5 Å². The second-order valence-electron chi connectivity index (χ2n) is 4.08. The minimum absolute atomic E-state index is 0.202. The van der Waals surface area contributed by atoms with Crippen LogP contribution in [0.4, 0.5) is 13.2 Å². The van der Waals surface area contributed by atoms with Gasteiger partial charge in [0.2, 0.25) is 0 Å². The summed E-state index contributed by atoms with van der Waals surface area (Å²) >= 11 is 0. The van der Waals surface area contributed by atoms with Crippen molar-refractivity contribution in [3.8, 4) is 0 Å². The van der Waals surface area contributed by atoms with Gasteiger partial charge in [-0.05, 0) is 31.8 Å². The van der Waals surface area contributed by atoms with Gasteiger partial charge in [0.05, 0.1) is 0 Å². The lowest BCUT2D eigenvalue weighted by atomic mass is 10.0. The molecule has 0 amide bonds. The first-order valence-corrected chi connectivity index (χ1v) is 5.81. The lowest BCUT2D eigenvalue weighted by Gasteiger charge is -2.11. The van der Waals surface area contributed by atoms with Crippen LogP contribution < -0.4 is 5.32 Å². The van der Waals surface area contributed by atoms with E-state index in [0.29, 0.717) is 12.3 Å². The van der Waals surface area contributed by atoms with Crippen LogP contribution in [0.1, 0.15) is 33.1 Å². The average Bonchev–Trinajstić information content (AvgIpc) is 2.18. The van der Waals surface area contributed by atoms with E-state index in [2.05, 4.69) is 23.9 Å². The van der Waals surface area contributed by atoms with Gasteiger partial charge in [-0.15, -0.1) is 0 Å².